The van der Waals surface area contributed by atoms with E-state index in [4.69, 9.17) is 4.42 Å². The van der Waals surface area contributed by atoms with Crippen molar-refractivity contribution in [2.75, 3.05) is 19.0 Å². The molecule has 3 rings (SSSR count). The SMILES string of the molecule is CN(C)c1ccc(C=Nc2cc3ccccc3oc2=O)cc1. The fourth-order valence-corrected chi connectivity index (χ4v) is 2.14. The van der Waals surface area contributed by atoms with Gasteiger partial charge in [-0.15, -0.1) is 0 Å². The van der Waals surface area contributed by atoms with E-state index in [2.05, 4.69) is 4.99 Å². The number of nitrogens with zero attached hydrogens (tertiary/aromatic N) is 2. The van der Waals surface area contributed by atoms with Crippen LogP contribution in [0.15, 0.2) is 68.8 Å². The van der Waals surface area contributed by atoms with Crippen LogP contribution >= 0.6 is 0 Å². The van der Waals surface area contributed by atoms with Gasteiger partial charge in [0.1, 0.15) is 11.3 Å². The number of fused-ring (bicyclic) bond motifs is 1. The van der Waals surface area contributed by atoms with E-state index in [1.54, 1.807) is 18.3 Å². The standard InChI is InChI=1S/C18H16N2O2/c1-20(2)15-9-7-13(8-10-15)12-19-16-11-14-5-3-4-6-17(14)22-18(16)21/h3-12H,1-2H3. The first-order chi connectivity index (χ1) is 10.6. The minimum Gasteiger partial charge on any atom is -0.421 e. The molecular formula is C18H16N2O2. The molecule has 0 aliphatic carbocycles. The lowest BCUT2D eigenvalue weighted by atomic mass is 10.2. The highest BCUT2D eigenvalue weighted by Gasteiger charge is 2.03. The van der Waals surface area contributed by atoms with Gasteiger partial charge in [0, 0.05) is 31.4 Å². The maximum atomic E-state index is 11.9. The maximum Gasteiger partial charge on any atom is 0.362 e. The highest BCUT2D eigenvalue weighted by Crippen LogP contribution is 2.17. The number of hydrogen-bond acceptors (Lipinski definition) is 4. The molecule has 3 aromatic rings. The fourth-order valence-electron chi connectivity index (χ4n) is 2.14. The molecular weight excluding hydrogens is 276 g/mol. The van der Waals surface area contributed by atoms with Gasteiger partial charge in [0.05, 0.1) is 0 Å². The monoisotopic (exact) mass is 292 g/mol. The van der Waals surface area contributed by atoms with Gasteiger partial charge in [-0.2, -0.15) is 0 Å². The molecule has 0 aliphatic rings. The summed E-state index contributed by atoms with van der Waals surface area (Å²) >= 11 is 0. The van der Waals surface area contributed by atoms with Crippen molar-refractivity contribution in [1.82, 2.24) is 0 Å². The number of rotatable bonds is 3. The minimum absolute atomic E-state index is 0.301. The zero-order chi connectivity index (χ0) is 15.5. The number of anilines is 1. The molecule has 0 atom stereocenters. The van der Waals surface area contributed by atoms with Crippen molar-refractivity contribution in [3.05, 3.63) is 70.6 Å². The normalized spacial score (nSPS) is 11.2. The zero-order valence-electron chi connectivity index (χ0n) is 12.5. The maximum absolute atomic E-state index is 11.9. The third-order valence-electron chi connectivity index (χ3n) is 3.39. The molecule has 0 saturated heterocycles. The molecule has 0 spiro atoms. The Morgan fingerprint density at radius 2 is 1.77 bits per heavy atom. The molecule has 0 unspecified atom stereocenters. The first kappa shape index (κ1) is 14.1. The quantitative estimate of drug-likeness (QED) is 0.547. The molecule has 0 saturated carbocycles. The third kappa shape index (κ3) is 2.91. The summed E-state index contributed by atoms with van der Waals surface area (Å²) in [4.78, 5) is 18.2. The Morgan fingerprint density at radius 3 is 2.50 bits per heavy atom. The van der Waals surface area contributed by atoms with Crippen LogP contribution in [-0.4, -0.2) is 20.3 Å². The predicted molar refractivity (Wildman–Crippen MR) is 90.5 cm³/mol. The number of aliphatic imine (C=N–C) groups is 1. The lowest BCUT2D eigenvalue weighted by Crippen LogP contribution is -2.08. The van der Waals surface area contributed by atoms with Crippen LogP contribution in [0.2, 0.25) is 0 Å². The van der Waals surface area contributed by atoms with Gasteiger partial charge < -0.3 is 9.32 Å². The average molecular weight is 292 g/mol. The number of para-hydroxylation sites is 1. The zero-order valence-corrected chi connectivity index (χ0v) is 12.5. The van der Waals surface area contributed by atoms with Gasteiger partial charge in [-0.3, -0.25) is 0 Å². The van der Waals surface area contributed by atoms with Crippen LogP contribution in [0.4, 0.5) is 11.4 Å². The van der Waals surface area contributed by atoms with Gasteiger partial charge in [0.15, 0.2) is 0 Å². The molecule has 4 nitrogen and oxygen atoms in total. The summed E-state index contributed by atoms with van der Waals surface area (Å²) in [7, 11) is 3.98. The van der Waals surface area contributed by atoms with Gasteiger partial charge in [0.25, 0.3) is 0 Å². The highest BCUT2D eigenvalue weighted by molar-refractivity contribution is 5.84. The van der Waals surface area contributed by atoms with Crippen molar-refractivity contribution in [3.8, 4) is 0 Å². The molecule has 0 bridgehead atoms. The Balaban J connectivity index is 1.91. The summed E-state index contributed by atoms with van der Waals surface area (Å²) in [5, 5.41) is 0.859. The largest absolute Gasteiger partial charge is 0.421 e. The number of benzene rings is 2. The smallest absolute Gasteiger partial charge is 0.362 e. The lowest BCUT2D eigenvalue weighted by molar-refractivity contribution is 0.563. The highest BCUT2D eigenvalue weighted by atomic mass is 16.4. The van der Waals surface area contributed by atoms with Crippen molar-refractivity contribution in [2.24, 2.45) is 4.99 Å². The Labute approximate surface area is 128 Å². The summed E-state index contributed by atoms with van der Waals surface area (Å²) in [6.07, 6.45) is 1.67. The van der Waals surface area contributed by atoms with Gasteiger partial charge in [-0.1, -0.05) is 30.3 Å². The minimum atomic E-state index is -0.431. The van der Waals surface area contributed by atoms with Crippen LogP contribution in [0.1, 0.15) is 5.56 Å². The molecule has 0 aliphatic heterocycles. The Kier molecular flexibility index (Phi) is 3.74. The molecule has 0 fully saturated rings. The van der Waals surface area contributed by atoms with Crippen LogP contribution in [0.5, 0.6) is 0 Å². The third-order valence-corrected chi connectivity index (χ3v) is 3.39. The second kappa shape index (κ2) is 5.85. The second-order valence-corrected chi connectivity index (χ2v) is 5.20. The van der Waals surface area contributed by atoms with E-state index in [1.165, 1.54) is 0 Å². The molecule has 0 N–H and O–H groups in total. The fraction of sp³-hybridized carbons (Fsp3) is 0.111. The van der Waals surface area contributed by atoms with E-state index in [0.29, 0.717) is 11.3 Å². The average Bonchev–Trinajstić information content (AvgIpc) is 2.53. The van der Waals surface area contributed by atoms with Crippen LogP contribution in [-0.2, 0) is 0 Å². The Bertz CT molecular complexity index is 877. The summed E-state index contributed by atoms with van der Waals surface area (Å²) in [5.41, 5.74) is 2.48. The van der Waals surface area contributed by atoms with Gasteiger partial charge in [0.2, 0.25) is 0 Å². The Morgan fingerprint density at radius 1 is 1.05 bits per heavy atom. The lowest BCUT2D eigenvalue weighted by Gasteiger charge is -2.11. The van der Waals surface area contributed by atoms with E-state index in [-0.39, 0.29) is 0 Å². The van der Waals surface area contributed by atoms with Crippen molar-refractivity contribution < 1.29 is 4.42 Å². The summed E-state index contributed by atoms with van der Waals surface area (Å²) < 4.78 is 5.26. The van der Waals surface area contributed by atoms with Crippen LogP contribution in [0, 0.1) is 0 Å². The van der Waals surface area contributed by atoms with Crippen molar-refractivity contribution >= 4 is 28.6 Å². The first-order valence-electron chi connectivity index (χ1n) is 6.98. The van der Waals surface area contributed by atoms with Crippen LogP contribution < -0.4 is 10.5 Å². The topological polar surface area (TPSA) is 45.8 Å². The molecule has 0 amide bonds. The molecule has 1 aromatic heterocycles. The van der Waals surface area contributed by atoms with Crippen molar-refractivity contribution in [2.45, 2.75) is 0 Å². The van der Waals surface area contributed by atoms with Crippen LogP contribution in [0.3, 0.4) is 0 Å². The molecule has 1 heterocycles. The van der Waals surface area contributed by atoms with Crippen molar-refractivity contribution in [3.63, 3.8) is 0 Å². The second-order valence-electron chi connectivity index (χ2n) is 5.20. The van der Waals surface area contributed by atoms with E-state index in [1.807, 2.05) is 61.5 Å². The van der Waals surface area contributed by atoms with Gasteiger partial charge >= 0.3 is 5.63 Å². The number of hydrogen-bond donors (Lipinski definition) is 0. The summed E-state index contributed by atoms with van der Waals surface area (Å²) in [5.74, 6) is 0. The van der Waals surface area contributed by atoms with E-state index in [0.717, 1.165) is 16.6 Å². The van der Waals surface area contributed by atoms with Gasteiger partial charge in [-0.25, -0.2) is 9.79 Å². The van der Waals surface area contributed by atoms with Crippen LogP contribution in [0.25, 0.3) is 11.0 Å². The molecule has 0 radical (unpaired) electrons. The molecule has 2 aromatic carbocycles. The first-order valence-corrected chi connectivity index (χ1v) is 6.98. The summed E-state index contributed by atoms with van der Waals surface area (Å²) in [6, 6.07) is 17.1. The van der Waals surface area contributed by atoms with E-state index < -0.39 is 5.63 Å². The Hall–Kier alpha value is -2.88. The van der Waals surface area contributed by atoms with Gasteiger partial charge in [-0.05, 0) is 29.8 Å². The summed E-state index contributed by atoms with van der Waals surface area (Å²) in [6.45, 7) is 0. The van der Waals surface area contributed by atoms with E-state index >= 15 is 0 Å². The van der Waals surface area contributed by atoms with Crippen molar-refractivity contribution in [1.29, 1.82) is 0 Å². The van der Waals surface area contributed by atoms with E-state index in [9.17, 15) is 4.79 Å². The predicted octanol–water partition coefficient (Wildman–Crippen LogP) is 3.61. The molecule has 4 heteroatoms. The molecule has 22 heavy (non-hydrogen) atoms. The molecule has 110 valence electrons.